The predicted molar refractivity (Wildman–Crippen MR) is 90.2 cm³/mol. The summed E-state index contributed by atoms with van der Waals surface area (Å²) in [5.41, 5.74) is 1.04. The first kappa shape index (κ1) is 14.7. The van der Waals surface area contributed by atoms with Crippen molar-refractivity contribution in [3.63, 3.8) is 0 Å². The van der Waals surface area contributed by atoms with E-state index in [1.165, 1.54) is 41.2 Å². The molecule has 0 saturated heterocycles. The van der Waals surface area contributed by atoms with E-state index in [4.69, 9.17) is 0 Å². The van der Waals surface area contributed by atoms with Crippen LogP contribution in [0, 0.1) is 0 Å². The molecule has 0 radical (unpaired) electrons. The van der Waals surface area contributed by atoms with Gasteiger partial charge in [-0.3, -0.25) is 13.9 Å². The maximum Gasteiger partial charge on any atom is 0.332 e. The van der Waals surface area contributed by atoms with Crippen molar-refractivity contribution in [2.24, 2.45) is 14.1 Å². The zero-order valence-electron chi connectivity index (χ0n) is 12.7. The van der Waals surface area contributed by atoms with Gasteiger partial charge in [-0.2, -0.15) is 0 Å². The van der Waals surface area contributed by atoms with Gasteiger partial charge < -0.3 is 4.98 Å². The number of fused-ring (bicyclic) bond motifs is 1. The molecule has 3 heterocycles. The number of aromatic nitrogens is 5. The molecule has 23 heavy (non-hydrogen) atoms. The Bertz CT molecular complexity index is 1010. The fourth-order valence-electron chi connectivity index (χ4n) is 2.42. The molecular formula is C14H15N5O2S2. The van der Waals surface area contributed by atoms with Gasteiger partial charge in [0.1, 0.15) is 0 Å². The third-order valence-electron chi connectivity index (χ3n) is 3.93. The van der Waals surface area contributed by atoms with Crippen LogP contribution < -0.4 is 11.2 Å². The smallest absolute Gasteiger partial charge is 0.327 e. The highest BCUT2D eigenvalue weighted by Crippen LogP contribution is 2.41. The number of nitrogens with zero attached hydrogens (tertiary/aromatic N) is 4. The van der Waals surface area contributed by atoms with E-state index < -0.39 is 0 Å². The Hall–Kier alpha value is -1.87. The number of hydrogen-bond acceptors (Lipinski definition) is 6. The summed E-state index contributed by atoms with van der Waals surface area (Å²) in [6, 6.07) is 0. The van der Waals surface area contributed by atoms with Crippen LogP contribution in [-0.4, -0.2) is 24.1 Å². The van der Waals surface area contributed by atoms with Crippen molar-refractivity contribution in [1.82, 2.24) is 24.1 Å². The van der Waals surface area contributed by atoms with Gasteiger partial charge in [0.15, 0.2) is 16.3 Å². The molecule has 4 rings (SSSR count). The van der Waals surface area contributed by atoms with Gasteiger partial charge in [0.2, 0.25) is 0 Å². The van der Waals surface area contributed by atoms with Crippen molar-refractivity contribution in [1.29, 1.82) is 0 Å². The van der Waals surface area contributed by atoms with Crippen LogP contribution in [0.25, 0.3) is 11.2 Å². The zero-order chi connectivity index (χ0) is 16.1. The molecule has 0 aliphatic heterocycles. The molecule has 1 aliphatic rings. The Morgan fingerprint density at radius 2 is 2.09 bits per heavy atom. The van der Waals surface area contributed by atoms with E-state index in [2.05, 4.69) is 20.3 Å². The number of thiazole rings is 1. The third kappa shape index (κ3) is 2.53. The number of aryl methyl sites for hydroxylation is 1. The second kappa shape index (κ2) is 5.34. The van der Waals surface area contributed by atoms with Crippen molar-refractivity contribution in [3.05, 3.63) is 36.9 Å². The summed E-state index contributed by atoms with van der Waals surface area (Å²) in [5, 5.41) is 3.93. The standard InChI is InChI=1S/C14H15N5O2S2/c1-18-10-9(12(20)19(2)14(18)21)16-13(17-10)23-6-8-5-22-11(15-8)7-3-4-7/h5,7H,3-4,6H2,1-2H3,(H,16,17). The molecule has 1 N–H and O–H groups in total. The highest BCUT2D eigenvalue weighted by molar-refractivity contribution is 7.98. The fourth-order valence-corrected chi connectivity index (χ4v) is 4.28. The van der Waals surface area contributed by atoms with Gasteiger partial charge >= 0.3 is 5.69 Å². The van der Waals surface area contributed by atoms with E-state index in [1.54, 1.807) is 18.4 Å². The maximum atomic E-state index is 12.1. The highest BCUT2D eigenvalue weighted by Gasteiger charge is 2.26. The number of aromatic amines is 1. The highest BCUT2D eigenvalue weighted by atomic mass is 32.2. The lowest BCUT2D eigenvalue weighted by atomic mass is 10.4. The summed E-state index contributed by atoms with van der Waals surface area (Å²) >= 11 is 3.20. The molecule has 1 fully saturated rings. The summed E-state index contributed by atoms with van der Waals surface area (Å²) in [5.74, 6) is 1.36. The average Bonchev–Trinajstić information content (AvgIpc) is 3.13. The van der Waals surface area contributed by atoms with Gasteiger partial charge in [0, 0.05) is 31.1 Å². The molecule has 0 unspecified atom stereocenters. The minimum atomic E-state index is -0.376. The molecule has 0 aromatic carbocycles. The van der Waals surface area contributed by atoms with Gasteiger partial charge in [-0.15, -0.1) is 11.3 Å². The summed E-state index contributed by atoms with van der Waals surface area (Å²) < 4.78 is 2.46. The average molecular weight is 349 g/mol. The minimum Gasteiger partial charge on any atom is -0.327 e. The minimum absolute atomic E-state index is 0.355. The van der Waals surface area contributed by atoms with Crippen LogP contribution >= 0.6 is 23.1 Å². The first-order valence-corrected chi connectivity index (χ1v) is 9.14. The Labute approximate surface area is 139 Å². The van der Waals surface area contributed by atoms with Crippen LogP contribution in [0.3, 0.4) is 0 Å². The van der Waals surface area contributed by atoms with Gasteiger partial charge in [0.05, 0.1) is 10.7 Å². The van der Waals surface area contributed by atoms with Gasteiger partial charge in [0.25, 0.3) is 5.56 Å². The van der Waals surface area contributed by atoms with Crippen molar-refractivity contribution >= 4 is 34.3 Å². The number of nitrogens with one attached hydrogen (secondary N) is 1. The second-order valence-corrected chi connectivity index (χ2v) is 7.54. The first-order valence-electron chi connectivity index (χ1n) is 7.27. The van der Waals surface area contributed by atoms with Crippen molar-refractivity contribution in [2.75, 3.05) is 0 Å². The first-order chi connectivity index (χ1) is 11.0. The molecule has 7 nitrogen and oxygen atoms in total. The van der Waals surface area contributed by atoms with Gasteiger partial charge in [-0.05, 0) is 12.8 Å². The summed E-state index contributed by atoms with van der Waals surface area (Å²) in [6.07, 6.45) is 2.50. The lowest BCUT2D eigenvalue weighted by Crippen LogP contribution is -2.36. The van der Waals surface area contributed by atoms with Crippen LogP contribution in [0.4, 0.5) is 0 Å². The van der Waals surface area contributed by atoms with Crippen LogP contribution in [-0.2, 0) is 19.8 Å². The zero-order valence-corrected chi connectivity index (χ0v) is 14.3. The maximum absolute atomic E-state index is 12.1. The predicted octanol–water partition coefficient (Wildman–Crippen LogP) is 1.59. The molecule has 3 aromatic heterocycles. The van der Waals surface area contributed by atoms with Crippen LogP contribution in [0.2, 0.25) is 0 Å². The second-order valence-electron chi connectivity index (χ2n) is 5.69. The lowest BCUT2D eigenvalue weighted by molar-refractivity contribution is 0.708. The Morgan fingerprint density at radius 1 is 1.30 bits per heavy atom. The van der Waals surface area contributed by atoms with E-state index in [0.29, 0.717) is 28.0 Å². The fraction of sp³-hybridized carbons (Fsp3) is 0.429. The normalized spacial score (nSPS) is 14.7. The molecule has 0 spiro atoms. The van der Waals surface area contributed by atoms with E-state index in [1.807, 2.05) is 0 Å². The van der Waals surface area contributed by atoms with Crippen molar-refractivity contribution in [2.45, 2.75) is 29.7 Å². The van der Waals surface area contributed by atoms with E-state index in [-0.39, 0.29) is 11.2 Å². The van der Waals surface area contributed by atoms with Crippen molar-refractivity contribution < 1.29 is 0 Å². The molecule has 120 valence electrons. The number of thioether (sulfide) groups is 1. The summed E-state index contributed by atoms with van der Waals surface area (Å²) in [4.78, 5) is 36.1. The quantitative estimate of drug-likeness (QED) is 0.723. The number of rotatable bonds is 4. The molecule has 1 saturated carbocycles. The molecule has 0 atom stereocenters. The van der Waals surface area contributed by atoms with Gasteiger partial charge in [-0.1, -0.05) is 11.8 Å². The Kier molecular flexibility index (Phi) is 3.42. The summed E-state index contributed by atoms with van der Waals surface area (Å²) in [7, 11) is 3.08. The summed E-state index contributed by atoms with van der Waals surface area (Å²) in [6.45, 7) is 0. The van der Waals surface area contributed by atoms with Gasteiger partial charge in [-0.25, -0.2) is 14.8 Å². The van der Waals surface area contributed by atoms with Crippen LogP contribution in [0.15, 0.2) is 20.1 Å². The van der Waals surface area contributed by atoms with Crippen LogP contribution in [0.1, 0.15) is 29.5 Å². The largest absolute Gasteiger partial charge is 0.332 e. The number of imidazole rings is 1. The molecule has 0 bridgehead atoms. The monoisotopic (exact) mass is 349 g/mol. The number of H-pyrrole nitrogens is 1. The molecule has 1 aliphatic carbocycles. The van der Waals surface area contributed by atoms with Crippen LogP contribution in [0.5, 0.6) is 0 Å². The Balaban J connectivity index is 1.61. The van der Waals surface area contributed by atoms with E-state index in [0.717, 1.165) is 10.3 Å². The van der Waals surface area contributed by atoms with E-state index >= 15 is 0 Å². The third-order valence-corrected chi connectivity index (χ3v) is 5.89. The van der Waals surface area contributed by atoms with Crippen molar-refractivity contribution in [3.8, 4) is 0 Å². The Morgan fingerprint density at radius 3 is 2.83 bits per heavy atom. The topological polar surface area (TPSA) is 85.6 Å². The molecule has 9 heteroatoms. The molecule has 0 amide bonds. The SMILES string of the molecule is Cn1c(=O)c2[nH]c(SCc3csc(C4CC4)n3)nc2n(C)c1=O. The number of hydrogen-bond donors (Lipinski definition) is 1. The molecule has 3 aromatic rings. The van der Waals surface area contributed by atoms with E-state index in [9.17, 15) is 9.59 Å². The lowest BCUT2D eigenvalue weighted by Gasteiger charge is -2.00. The molecular weight excluding hydrogens is 334 g/mol.